The first kappa shape index (κ1) is 28.0. The molecular weight excluding hydrogens is 551 g/mol. The Morgan fingerprint density at radius 2 is 1.95 bits per heavy atom. The Morgan fingerprint density at radius 1 is 1.26 bits per heavy atom. The van der Waals surface area contributed by atoms with Crippen LogP contribution in [-0.4, -0.2) is 60.5 Å². The van der Waals surface area contributed by atoms with Gasteiger partial charge in [-0.3, -0.25) is 0 Å². The molecule has 0 spiro atoms. The van der Waals surface area contributed by atoms with Gasteiger partial charge in [-0.25, -0.2) is 19.6 Å². The van der Waals surface area contributed by atoms with Gasteiger partial charge in [0.25, 0.3) is 0 Å². The monoisotopic (exact) mass is 578 g/mol. The van der Waals surface area contributed by atoms with Crippen molar-refractivity contribution in [2.75, 3.05) is 18.0 Å². The van der Waals surface area contributed by atoms with Crippen LogP contribution in [0.25, 0.3) is 11.5 Å². The van der Waals surface area contributed by atoms with Crippen molar-refractivity contribution < 1.29 is 13.9 Å². The van der Waals surface area contributed by atoms with Gasteiger partial charge in [0, 0.05) is 31.4 Å². The molecule has 38 heavy (non-hydrogen) atoms. The number of hydrogen-bond acceptors (Lipinski definition) is 8. The number of anilines is 1. The van der Waals surface area contributed by atoms with E-state index in [4.69, 9.17) is 44.6 Å². The van der Waals surface area contributed by atoms with E-state index in [1.807, 2.05) is 31.7 Å². The third-order valence-electron chi connectivity index (χ3n) is 5.88. The number of hydrogen-bond donors (Lipinski definition) is 0. The lowest BCUT2D eigenvalue weighted by Gasteiger charge is -2.34. The van der Waals surface area contributed by atoms with E-state index < -0.39 is 11.4 Å². The average Bonchev–Trinajstić information content (AvgIpc) is 3.42. The molecule has 202 valence electrons. The second kappa shape index (κ2) is 11.0. The molecule has 0 radical (unpaired) electrons. The molecule has 2 aromatic heterocycles. The summed E-state index contributed by atoms with van der Waals surface area (Å²) in [5.74, 6) is 0.000443. The van der Waals surface area contributed by atoms with Gasteiger partial charge in [-0.1, -0.05) is 41.5 Å². The zero-order valence-electron chi connectivity index (χ0n) is 21.7. The molecule has 3 aromatic rings. The van der Waals surface area contributed by atoms with Gasteiger partial charge >= 0.3 is 11.8 Å². The maximum Gasteiger partial charge on any atom is 0.437 e. The number of likely N-dealkylation sites (tertiary alicyclic amines) is 1. The van der Waals surface area contributed by atoms with Crippen molar-refractivity contribution in [2.45, 2.75) is 52.2 Å². The van der Waals surface area contributed by atoms with Gasteiger partial charge in [0.05, 0.1) is 11.6 Å². The molecule has 1 aliphatic rings. The number of carbonyl (C=O) groups excluding carboxylic acids is 1. The van der Waals surface area contributed by atoms with Crippen LogP contribution in [0, 0.1) is 6.92 Å². The van der Waals surface area contributed by atoms with Gasteiger partial charge in [0.2, 0.25) is 5.89 Å². The van der Waals surface area contributed by atoms with Crippen LogP contribution < -0.4 is 10.7 Å². The van der Waals surface area contributed by atoms with E-state index in [1.165, 1.54) is 7.05 Å². The highest BCUT2D eigenvalue weighted by Gasteiger charge is 2.35. The van der Waals surface area contributed by atoms with Crippen LogP contribution in [-0.2, 0) is 11.8 Å². The first-order valence-electron chi connectivity index (χ1n) is 12.0. The summed E-state index contributed by atoms with van der Waals surface area (Å²) in [4.78, 5) is 37.2. The number of halogens is 2. The van der Waals surface area contributed by atoms with Gasteiger partial charge in [-0.15, -0.1) is 5.10 Å². The predicted molar refractivity (Wildman–Crippen MR) is 149 cm³/mol. The van der Waals surface area contributed by atoms with Gasteiger partial charge in [0.1, 0.15) is 26.7 Å². The molecule has 4 rings (SSSR count). The molecule has 0 bridgehead atoms. The molecule has 1 aromatic carbocycles. The van der Waals surface area contributed by atoms with Gasteiger partial charge in [-0.2, -0.15) is 4.68 Å². The highest BCUT2D eigenvalue weighted by molar-refractivity contribution is 7.81. The lowest BCUT2D eigenvalue weighted by atomic mass is 10.1. The molecule has 1 atom stereocenters. The Balaban J connectivity index is 1.75. The molecule has 0 N–H and O–H groups in total. The van der Waals surface area contributed by atoms with Crippen LogP contribution in [0.2, 0.25) is 10.3 Å². The molecule has 0 aliphatic carbocycles. The molecule has 1 saturated heterocycles. The number of aromatic nitrogens is 4. The Hall–Kier alpha value is -3.02. The molecule has 10 nitrogen and oxygen atoms in total. The fourth-order valence-electron chi connectivity index (χ4n) is 4.19. The van der Waals surface area contributed by atoms with Crippen molar-refractivity contribution in [3.05, 3.63) is 56.5 Å². The highest BCUT2D eigenvalue weighted by atomic mass is 35.5. The van der Waals surface area contributed by atoms with Crippen LogP contribution in [0.5, 0.6) is 0 Å². The highest BCUT2D eigenvalue weighted by Crippen LogP contribution is 2.31. The summed E-state index contributed by atoms with van der Waals surface area (Å²) in [5.41, 5.74) is 0.913. The van der Waals surface area contributed by atoms with E-state index in [9.17, 15) is 9.59 Å². The zero-order valence-corrected chi connectivity index (χ0v) is 24.0. The summed E-state index contributed by atoms with van der Waals surface area (Å²) >= 11 is 18.9. The van der Waals surface area contributed by atoms with Crippen molar-refractivity contribution in [1.82, 2.24) is 24.6 Å². The summed E-state index contributed by atoms with van der Waals surface area (Å²) in [6.07, 6.45) is 1.18. The average molecular weight is 580 g/mol. The molecule has 13 heteroatoms. The number of ether oxygens (including phenoxy) is 1. The standard InChI is InChI=1S/C25H28Cl2N6O4S/c1-14-28-19(26)18(20(27)29-14)22(38)33(13-17-10-7-11-32(17)24(35)37-25(2,3)4)16-9-6-8-15(12-16)21-30-31(5)23(34)36-21/h6,8-9,12,17H,7,10-11,13H2,1-5H3. The Morgan fingerprint density at radius 3 is 2.55 bits per heavy atom. The number of rotatable bonds is 5. The maximum absolute atomic E-state index is 13.0. The SMILES string of the molecule is Cc1nc(Cl)c(C(=S)N(CC2CCCN2C(=O)OC(C)(C)C)c2cccc(-c3nn(C)c(=O)o3)c2)c(Cl)n1. The van der Waals surface area contributed by atoms with Crippen molar-refractivity contribution in [2.24, 2.45) is 7.05 Å². The molecule has 0 saturated carbocycles. The number of nitrogens with zero attached hydrogens (tertiary/aromatic N) is 6. The summed E-state index contributed by atoms with van der Waals surface area (Å²) in [6, 6.07) is 7.00. The number of carbonyl (C=O) groups is 1. The van der Waals surface area contributed by atoms with Crippen LogP contribution in [0.15, 0.2) is 33.5 Å². The Kier molecular flexibility index (Phi) is 8.10. The topological polar surface area (TPSA) is 107 Å². The quantitative estimate of drug-likeness (QED) is 0.304. The summed E-state index contributed by atoms with van der Waals surface area (Å²) in [5, 5.41) is 4.40. The second-order valence-electron chi connectivity index (χ2n) is 9.96. The van der Waals surface area contributed by atoms with Crippen molar-refractivity contribution in [3.8, 4) is 11.5 Å². The van der Waals surface area contributed by atoms with Gasteiger partial charge in [0.15, 0.2) is 0 Å². The van der Waals surface area contributed by atoms with Crippen LogP contribution >= 0.6 is 35.4 Å². The number of benzene rings is 1. The molecule has 1 amide bonds. The Labute approximate surface area is 235 Å². The third kappa shape index (κ3) is 6.16. The van der Waals surface area contributed by atoms with Crippen molar-refractivity contribution >= 4 is 52.2 Å². The normalized spacial score (nSPS) is 15.6. The van der Waals surface area contributed by atoms with Crippen LogP contribution in [0.1, 0.15) is 45.0 Å². The van der Waals surface area contributed by atoms with E-state index in [0.29, 0.717) is 35.7 Å². The van der Waals surface area contributed by atoms with Crippen LogP contribution in [0.4, 0.5) is 10.5 Å². The zero-order chi connectivity index (χ0) is 27.8. The van der Waals surface area contributed by atoms with Crippen molar-refractivity contribution in [1.29, 1.82) is 0 Å². The maximum atomic E-state index is 13.0. The third-order valence-corrected chi connectivity index (χ3v) is 6.86. The van der Waals surface area contributed by atoms with Crippen molar-refractivity contribution in [3.63, 3.8) is 0 Å². The summed E-state index contributed by atoms with van der Waals surface area (Å²) < 4.78 is 12.0. The van der Waals surface area contributed by atoms with E-state index >= 15 is 0 Å². The largest absolute Gasteiger partial charge is 0.444 e. The fourth-order valence-corrected chi connectivity index (χ4v) is 5.33. The molecular formula is C25H28Cl2N6O4S. The lowest BCUT2D eigenvalue weighted by Crippen LogP contribution is -2.47. The van der Waals surface area contributed by atoms with E-state index in [2.05, 4.69) is 15.1 Å². The van der Waals surface area contributed by atoms with E-state index in [0.717, 1.165) is 17.5 Å². The Bertz CT molecular complexity index is 1410. The minimum atomic E-state index is -0.625. The minimum Gasteiger partial charge on any atom is -0.444 e. The van der Waals surface area contributed by atoms with Gasteiger partial charge < -0.3 is 19.0 Å². The smallest absolute Gasteiger partial charge is 0.437 e. The molecule has 1 fully saturated rings. The molecule has 1 unspecified atom stereocenters. The second-order valence-corrected chi connectivity index (χ2v) is 11.1. The molecule has 3 heterocycles. The first-order chi connectivity index (χ1) is 17.8. The molecule has 1 aliphatic heterocycles. The lowest BCUT2D eigenvalue weighted by molar-refractivity contribution is 0.0233. The number of aryl methyl sites for hydroxylation is 2. The first-order valence-corrected chi connectivity index (χ1v) is 13.2. The summed E-state index contributed by atoms with van der Waals surface area (Å²) in [7, 11) is 1.51. The van der Waals surface area contributed by atoms with Gasteiger partial charge in [-0.05, 0) is 58.7 Å². The minimum absolute atomic E-state index is 0.125. The predicted octanol–water partition coefficient (Wildman–Crippen LogP) is 5.03. The summed E-state index contributed by atoms with van der Waals surface area (Å²) in [6.45, 7) is 8.08. The van der Waals surface area contributed by atoms with Crippen LogP contribution in [0.3, 0.4) is 0 Å². The van der Waals surface area contributed by atoms with E-state index in [-0.39, 0.29) is 33.3 Å². The number of thiocarbonyl (C=S) groups is 1. The fraction of sp³-hybridized carbons (Fsp3) is 0.440. The number of amides is 1. The van der Waals surface area contributed by atoms with E-state index in [1.54, 1.807) is 30.0 Å².